The summed E-state index contributed by atoms with van der Waals surface area (Å²) in [5.41, 5.74) is 7.82. The maximum absolute atomic E-state index is 11.6. The second-order valence-electron chi connectivity index (χ2n) is 5.23. The van der Waals surface area contributed by atoms with E-state index in [1.54, 1.807) is 6.33 Å². The van der Waals surface area contributed by atoms with E-state index in [1.165, 1.54) is 6.20 Å². The molecule has 1 unspecified atom stereocenters. The normalized spacial score (nSPS) is 22.9. The molecule has 1 fully saturated rings. The molecule has 106 valence electrons. The number of fused-ring (bicyclic) bond motifs is 1. The summed E-state index contributed by atoms with van der Waals surface area (Å²) in [6, 6.07) is 0.289. The van der Waals surface area contributed by atoms with Crippen molar-refractivity contribution in [3.63, 3.8) is 0 Å². The molecule has 1 aliphatic heterocycles. The quantitative estimate of drug-likeness (QED) is 0.650. The number of nitrogens with zero attached hydrogens (tertiary/aromatic N) is 2. The van der Waals surface area contributed by atoms with Gasteiger partial charge in [-0.2, -0.15) is 0 Å². The van der Waals surface area contributed by atoms with E-state index in [4.69, 9.17) is 5.73 Å². The van der Waals surface area contributed by atoms with Gasteiger partial charge in [-0.1, -0.05) is 6.92 Å². The van der Waals surface area contributed by atoms with Crippen molar-refractivity contribution in [2.24, 2.45) is 11.7 Å². The summed E-state index contributed by atoms with van der Waals surface area (Å²) < 4.78 is 0. The molecular formula is C13H18N6O. The number of hydrogen-bond acceptors (Lipinski definition) is 5. The monoisotopic (exact) mass is 274 g/mol. The first kappa shape index (κ1) is 12.9. The van der Waals surface area contributed by atoms with Crippen LogP contribution in [0.2, 0.25) is 0 Å². The van der Waals surface area contributed by atoms with Crippen LogP contribution < -0.4 is 16.4 Å². The lowest BCUT2D eigenvalue weighted by Gasteiger charge is -2.31. The van der Waals surface area contributed by atoms with Crippen molar-refractivity contribution in [1.29, 1.82) is 0 Å². The first-order valence-electron chi connectivity index (χ1n) is 6.76. The maximum Gasteiger partial charge on any atom is 0.252 e. The molecule has 0 aliphatic carbocycles. The number of carbonyl (C=O) groups is 1. The highest BCUT2D eigenvalue weighted by Crippen LogP contribution is 2.26. The van der Waals surface area contributed by atoms with Crippen LogP contribution in [0.15, 0.2) is 12.5 Å². The van der Waals surface area contributed by atoms with Gasteiger partial charge in [-0.15, -0.1) is 0 Å². The van der Waals surface area contributed by atoms with Gasteiger partial charge in [0.15, 0.2) is 5.65 Å². The smallest absolute Gasteiger partial charge is 0.252 e. The fraction of sp³-hybridized carbons (Fsp3) is 0.462. The molecule has 3 rings (SSSR count). The van der Waals surface area contributed by atoms with Crippen LogP contribution in [0.5, 0.6) is 0 Å². The Morgan fingerprint density at radius 3 is 3.10 bits per heavy atom. The summed E-state index contributed by atoms with van der Waals surface area (Å²) in [6.07, 6.45) is 4.06. The lowest BCUT2D eigenvalue weighted by molar-refractivity contribution is 0.100. The Bertz CT molecular complexity index is 637. The topological polar surface area (TPSA) is 109 Å². The van der Waals surface area contributed by atoms with Crippen LogP contribution in [0.3, 0.4) is 0 Å². The molecule has 20 heavy (non-hydrogen) atoms. The van der Waals surface area contributed by atoms with Crippen molar-refractivity contribution < 1.29 is 4.79 Å². The lowest BCUT2D eigenvalue weighted by atomic mass is 9.94. The van der Waals surface area contributed by atoms with Gasteiger partial charge in [0, 0.05) is 12.2 Å². The van der Waals surface area contributed by atoms with Gasteiger partial charge in [0.2, 0.25) is 0 Å². The molecule has 0 radical (unpaired) electrons. The van der Waals surface area contributed by atoms with Gasteiger partial charge in [0.05, 0.1) is 17.6 Å². The van der Waals surface area contributed by atoms with Gasteiger partial charge in [-0.3, -0.25) is 4.79 Å². The number of primary amides is 1. The summed E-state index contributed by atoms with van der Waals surface area (Å²) in [5.74, 6) is -0.0295. The Morgan fingerprint density at radius 1 is 1.50 bits per heavy atom. The molecule has 1 saturated heterocycles. The zero-order chi connectivity index (χ0) is 14.1. The zero-order valence-corrected chi connectivity index (χ0v) is 11.3. The van der Waals surface area contributed by atoms with E-state index in [9.17, 15) is 4.79 Å². The number of hydrogen-bond donors (Lipinski definition) is 4. The first-order chi connectivity index (χ1) is 9.66. The average Bonchev–Trinajstić information content (AvgIpc) is 2.90. The Labute approximate surface area is 116 Å². The minimum absolute atomic E-state index is 0.289. The van der Waals surface area contributed by atoms with Crippen molar-refractivity contribution in [2.45, 2.75) is 19.4 Å². The number of imidazole rings is 1. The maximum atomic E-state index is 11.6. The molecule has 2 aromatic rings. The fourth-order valence-electron chi connectivity index (χ4n) is 2.64. The SMILES string of the molecule is C[C@H]1CNCCC1Nc1c(C(N)=O)cnc2[nH]cnc12. The first-order valence-corrected chi connectivity index (χ1v) is 6.76. The molecule has 1 amide bonds. The molecule has 7 nitrogen and oxygen atoms in total. The number of pyridine rings is 1. The number of carbonyl (C=O) groups excluding carboxylic acids is 1. The lowest BCUT2D eigenvalue weighted by Crippen LogP contribution is -2.42. The van der Waals surface area contributed by atoms with Crippen LogP contribution in [0.4, 0.5) is 5.69 Å². The number of anilines is 1. The van der Waals surface area contributed by atoms with Crippen LogP contribution in [0, 0.1) is 5.92 Å². The van der Waals surface area contributed by atoms with Gasteiger partial charge in [0.25, 0.3) is 5.91 Å². The zero-order valence-electron chi connectivity index (χ0n) is 11.3. The second kappa shape index (κ2) is 5.09. The number of nitrogens with two attached hydrogens (primary N) is 1. The number of piperidine rings is 1. The largest absolute Gasteiger partial charge is 0.379 e. The van der Waals surface area contributed by atoms with Crippen molar-refractivity contribution in [3.8, 4) is 0 Å². The van der Waals surface area contributed by atoms with Crippen molar-refractivity contribution >= 4 is 22.8 Å². The Morgan fingerprint density at radius 2 is 2.35 bits per heavy atom. The highest BCUT2D eigenvalue weighted by Gasteiger charge is 2.24. The van der Waals surface area contributed by atoms with E-state index in [-0.39, 0.29) is 6.04 Å². The highest BCUT2D eigenvalue weighted by atomic mass is 16.1. The van der Waals surface area contributed by atoms with Crippen LogP contribution in [0.25, 0.3) is 11.2 Å². The van der Waals surface area contributed by atoms with Crippen molar-refractivity contribution in [3.05, 3.63) is 18.1 Å². The third-order valence-corrected chi connectivity index (χ3v) is 3.83. The molecule has 2 atom stereocenters. The van der Waals surface area contributed by atoms with Gasteiger partial charge in [-0.25, -0.2) is 9.97 Å². The molecule has 3 heterocycles. The third kappa shape index (κ3) is 2.20. The van der Waals surface area contributed by atoms with Crippen LogP contribution in [-0.4, -0.2) is 40.0 Å². The number of aromatic nitrogens is 3. The summed E-state index contributed by atoms with van der Waals surface area (Å²) in [7, 11) is 0. The molecule has 0 saturated carbocycles. The molecule has 5 N–H and O–H groups in total. The van der Waals surface area contributed by atoms with Crippen molar-refractivity contribution in [2.75, 3.05) is 18.4 Å². The minimum Gasteiger partial charge on any atom is -0.379 e. The van der Waals surface area contributed by atoms with E-state index in [0.717, 1.165) is 19.5 Å². The number of amides is 1. The highest BCUT2D eigenvalue weighted by molar-refractivity contribution is 6.04. The Kier molecular flexibility index (Phi) is 3.27. The second-order valence-corrected chi connectivity index (χ2v) is 5.23. The molecule has 0 bridgehead atoms. The van der Waals surface area contributed by atoms with E-state index in [0.29, 0.717) is 28.3 Å². The number of H-pyrrole nitrogens is 1. The molecule has 0 aromatic carbocycles. The molecular weight excluding hydrogens is 256 g/mol. The standard InChI is InChI=1S/C13H18N6O/c1-7-4-15-3-2-9(7)19-10-8(12(14)20)5-16-13-11(10)17-6-18-13/h5-7,9,15H,2-4H2,1H3,(H2,14,20)(H2,16,17,18,19)/t7-,9?/m0/s1. The average molecular weight is 274 g/mol. The van der Waals surface area contributed by atoms with Gasteiger partial charge >= 0.3 is 0 Å². The fourth-order valence-corrected chi connectivity index (χ4v) is 2.64. The third-order valence-electron chi connectivity index (χ3n) is 3.83. The van der Waals surface area contributed by atoms with E-state index in [2.05, 4.69) is 32.5 Å². The summed E-state index contributed by atoms with van der Waals surface area (Å²) in [6.45, 7) is 4.10. The predicted octanol–water partition coefficient (Wildman–Crippen LogP) is 0.467. The van der Waals surface area contributed by atoms with Crippen LogP contribution in [0.1, 0.15) is 23.7 Å². The van der Waals surface area contributed by atoms with E-state index < -0.39 is 5.91 Å². The molecule has 1 aliphatic rings. The van der Waals surface area contributed by atoms with Crippen LogP contribution >= 0.6 is 0 Å². The number of aromatic amines is 1. The predicted molar refractivity (Wildman–Crippen MR) is 76.5 cm³/mol. The van der Waals surface area contributed by atoms with Crippen molar-refractivity contribution in [1.82, 2.24) is 20.3 Å². The molecule has 0 spiro atoms. The van der Waals surface area contributed by atoms with Gasteiger partial charge < -0.3 is 21.4 Å². The van der Waals surface area contributed by atoms with E-state index >= 15 is 0 Å². The summed E-state index contributed by atoms with van der Waals surface area (Å²) >= 11 is 0. The molecule has 7 heteroatoms. The van der Waals surface area contributed by atoms with Crippen LogP contribution in [-0.2, 0) is 0 Å². The molecule has 2 aromatic heterocycles. The summed E-state index contributed by atoms with van der Waals surface area (Å²) in [4.78, 5) is 23.0. The van der Waals surface area contributed by atoms with Gasteiger partial charge in [0.1, 0.15) is 5.52 Å². The number of nitrogens with one attached hydrogen (secondary N) is 3. The summed E-state index contributed by atoms with van der Waals surface area (Å²) in [5, 5.41) is 6.80. The van der Waals surface area contributed by atoms with Gasteiger partial charge in [-0.05, 0) is 25.4 Å². The van der Waals surface area contributed by atoms with E-state index in [1.807, 2.05) is 0 Å². The Balaban J connectivity index is 2.01. The minimum atomic E-state index is -0.494. The number of rotatable bonds is 3. The Hall–Kier alpha value is -2.15.